The van der Waals surface area contributed by atoms with E-state index in [4.69, 9.17) is 4.74 Å². The molecule has 0 aromatic heterocycles. The molecule has 0 aliphatic carbocycles. The van der Waals surface area contributed by atoms with Crippen molar-refractivity contribution < 1.29 is 19.4 Å². The first-order chi connectivity index (χ1) is 11.1. The first-order valence-corrected chi connectivity index (χ1v) is 8.93. The molecule has 0 radical (unpaired) electrons. The lowest BCUT2D eigenvalue weighted by molar-refractivity contribution is -0.144. The lowest BCUT2D eigenvalue weighted by atomic mass is 9.78. The predicted molar refractivity (Wildman–Crippen MR) is 92.0 cm³/mol. The molecule has 0 aromatic rings. The van der Waals surface area contributed by atoms with Gasteiger partial charge in [-0.25, -0.2) is 4.79 Å². The fraction of sp³-hybridized carbons (Fsp3) is 0.889. The Morgan fingerprint density at radius 2 is 1.75 bits per heavy atom. The number of nitrogens with zero attached hydrogens (tertiary/aromatic N) is 2. The van der Waals surface area contributed by atoms with E-state index in [1.54, 1.807) is 4.90 Å². The second-order valence-electron chi connectivity index (χ2n) is 8.47. The second-order valence-corrected chi connectivity index (χ2v) is 8.47. The molecule has 1 N–H and O–H groups in total. The summed E-state index contributed by atoms with van der Waals surface area (Å²) < 4.78 is 4.93. The number of ether oxygens (including phenoxy) is 1. The van der Waals surface area contributed by atoms with Crippen LogP contribution in [0.4, 0.5) is 4.79 Å². The summed E-state index contributed by atoms with van der Waals surface area (Å²) in [6.45, 7) is 10.1. The first-order valence-electron chi connectivity index (χ1n) is 8.93. The van der Waals surface area contributed by atoms with Gasteiger partial charge in [0.25, 0.3) is 0 Å². The standard InChI is InChI=1S/C18H32N2O4/c1-17(2)8-6-9-18(3,4)20(17)12-14-11-13(15(21)22)7-10-19(14)16(23)24-5/h13-14H,6-12H2,1-5H3,(H,21,22)/t13-,14+/m1/s1. The molecule has 2 atom stereocenters. The molecule has 6 heteroatoms. The number of carbonyl (C=O) groups excluding carboxylic acids is 1. The number of rotatable bonds is 3. The number of hydrogen-bond donors (Lipinski definition) is 1. The largest absolute Gasteiger partial charge is 0.481 e. The third kappa shape index (κ3) is 3.85. The van der Waals surface area contributed by atoms with Crippen LogP contribution in [0.1, 0.15) is 59.8 Å². The number of methoxy groups -OCH3 is 1. The molecule has 0 bridgehead atoms. The maximum absolute atomic E-state index is 12.2. The van der Waals surface area contributed by atoms with E-state index < -0.39 is 5.97 Å². The van der Waals surface area contributed by atoms with Crippen molar-refractivity contribution >= 4 is 12.1 Å². The lowest BCUT2D eigenvalue weighted by Gasteiger charge is -2.55. The maximum atomic E-state index is 12.2. The average Bonchev–Trinajstić information content (AvgIpc) is 2.49. The number of carbonyl (C=O) groups is 2. The van der Waals surface area contributed by atoms with Crippen molar-refractivity contribution in [2.45, 2.75) is 76.9 Å². The van der Waals surface area contributed by atoms with Crippen molar-refractivity contribution in [3.63, 3.8) is 0 Å². The fourth-order valence-corrected chi connectivity index (χ4v) is 4.55. The number of hydrogen-bond acceptors (Lipinski definition) is 4. The Balaban J connectivity index is 2.23. The van der Waals surface area contributed by atoms with Crippen molar-refractivity contribution in [3.05, 3.63) is 0 Å². The van der Waals surface area contributed by atoms with Gasteiger partial charge in [-0.1, -0.05) is 0 Å². The quantitative estimate of drug-likeness (QED) is 0.855. The Morgan fingerprint density at radius 3 is 2.25 bits per heavy atom. The zero-order chi connectivity index (χ0) is 18.1. The SMILES string of the molecule is COC(=O)N1CC[C@@H](C(=O)O)C[C@H]1CN1C(C)(C)CCCC1(C)C. The molecule has 2 fully saturated rings. The smallest absolute Gasteiger partial charge is 0.409 e. The number of carboxylic acids is 1. The van der Waals surface area contributed by atoms with E-state index in [0.717, 1.165) is 12.8 Å². The number of amides is 1. The molecule has 24 heavy (non-hydrogen) atoms. The molecule has 2 aliphatic heterocycles. The van der Waals surface area contributed by atoms with Crippen LogP contribution in [0.15, 0.2) is 0 Å². The van der Waals surface area contributed by atoms with Gasteiger partial charge in [-0.3, -0.25) is 9.69 Å². The van der Waals surface area contributed by atoms with Gasteiger partial charge in [0.15, 0.2) is 0 Å². The van der Waals surface area contributed by atoms with Gasteiger partial charge in [-0.05, 0) is 59.8 Å². The zero-order valence-electron chi connectivity index (χ0n) is 15.7. The highest BCUT2D eigenvalue weighted by molar-refractivity contribution is 5.72. The minimum Gasteiger partial charge on any atom is -0.481 e. The van der Waals surface area contributed by atoms with Crippen molar-refractivity contribution in [2.75, 3.05) is 20.2 Å². The summed E-state index contributed by atoms with van der Waals surface area (Å²) in [5.41, 5.74) is 0.0828. The Labute approximate surface area is 145 Å². The third-order valence-corrected chi connectivity index (χ3v) is 5.91. The highest BCUT2D eigenvalue weighted by atomic mass is 16.5. The van der Waals surface area contributed by atoms with Gasteiger partial charge in [-0.2, -0.15) is 0 Å². The number of aliphatic carboxylic acids is 1. The summed E-state index contributed by atoms with van der Waals surface area (Å²) in [5.74, 6) is -1.14. The van der Waals surface area contributed by atoms with Crippen LogP contribution in [-0.4, -0.2) is 64.3 Å². The van der Waals surface area contributed by atoms with E-state index in [1.807, 2.05) is 0 Å². The Kier molecular flexibility index (Phi) is 5.47. The summed E-state index contributed by atoms with van der Waals surface area (Å²) in [7, 11) is 1.39. The van der Waals surface area contributed by atoms with E-state index in [1.165, 1.54) is 13.5 Å². The van der Waals surface area contributed by atoms with Crippen LogP contribution in [0.5, 0.6) is 0 Å². The topological polar surface area (TPSA) is 70.1 Å². The van der Waals surface area contributed by atoms with Gasteiger partial charge >= 0.3 is 12.1 Å². The molecule has 2 rings (SSSR count). The molecule has 2 heterocycles. The molecule has 0 spiro atoms. The van der Waals surface area contributed by atoms with Crippen LogP contribution in [0, 0.1) is 5.92 Å². The predicted octanol–water partition coefficient (Wildman–Crippen LogP) is 2.96. The summed E-state index contributed by atoms with van der Waals surface area (Å²) in [6.07, 6.45) is 4.06. The highest BCUT2D eigenvalue weighted by Gasteiger charge is 2.45. The third-order valence-electron chi connectivity index (χ3n) is 5.91. The lowest BCUT2D eigenvalue weighted by Crippen LogP contribution is -2.63. The van der Waals surface area contributed by atoms with Crippen molar-refractivity contribution in [3.8, 4) is 0 Å². The molecule has 2 aliphatic rings. The summed E-state index contributed by atoms with van der Waals surface area (Å²) in [4.78, 5) is 27.8. The van der Waals surface area contributed by atoms with Gasteiger partial charge in [-0.15, -0.1) is 0 Å². The molecular formula is C18H32N2O4. The Morgan fingerprint density at radius 1 is 1.17 bits per heavy atom. The molecule has 0 unspecified atom stereocenters. The average molecular weight is 340 g/mol. The minimum atomic E-state index is -0.762. The molecule has 6 nitrogen and oxygen atoms in total. The Hall–Kier alpha value is -1.30. The van der Waals surface area contributed by atoms with E-state index in [9.17, 15) is 14.7 Å². The van der Waals surface area contributed by atoms with Gasteiger partial charge in [0.05, 0.1) is 13.0 Å². The molecule has 2 saturated heterocycles. The van der Waals surface area contributed by atoms with Crippen molar-refractivity contribution in [2.24, 2.45) is 5.92 Å². The van der Waals surface area contributed by atoms with Crippen LogP contribution in [0.3, 0.4) is 0 Å². The molecule has 0 aromatic carbocycles. The Bertz CT molecular complexity index is 473. The fourth-order valence-electron chi connectivity index (χ4n) is 4.55. The number of carboxylic acid groups (broad SMARTS) is 1. The van der Waals surface area contributed by atoms with Gasteiger partial charge in [0.1, 0.15) is 0 Å². The monoisotopic (exact) mass is 340 g/mol. The van der Waals surface area contributed by atoms with Crippen molar-refractivity contribution in [1.29, 1.82) is 0 Å². The van der Waals surface area contributed by atoms with Crippen LogP contribution >= 0.6 is 0 Å². The summed E-state index contributed by atoms with van der Waals surface area (Å²) in [5, 5.41) is 9.40. The molecule has 0 saturated carbocycles. The number of likely N-dealkylation sites (tertiary alicyclic amines) is 2. The van der Waals surface area contributed by atoms with Crippen LogP contribution in [0.25, 0.3) is 0 Å². The van der Waals surface area contributed by atoms with Crippen LogP contribution in [0.2, 0.25) is 0 Å². The van der Waals surface area contributed by atoms with E-state index >= 15 is 0 Å². The maximum Gasteiger partial charge on any atom is 0.409 e. The molecular weight excluding hydrogens is 308 g/mol. The van der Waals surface area contributed by atoms with Gasteiger partial charge < -0.3 is 14.7 Å². The number of piperidine rings is 2. The van der Waals surface area contributed by atoms with Crippen LogP contribution < -0.4 is 0 Å². The minimum absolute atomic E-state index is 0.0414. The summed E-state index contributed by atoms with van der Waals surface area (Å²) in [6, 6.07) is -0.121. The van der Waals surface area contributed by atoms with E-state index in [-0.39, 0.29) is 29.1 Å². The molecule has 138 valence electrons. The van der Waals surface area contributed by atoms with Gasteiger partial charge in [0, 0.05) is 30.2 Å². The zero-order valence-corrected chi connectivity index (χ0v) is 15.7. The van der Waals surface area contributed by atoms with Crippen LogP contribution in [-0.2, 0) is 9.53 Å². The van der Waals surface area contributed by atoms with E-state index in [2.05, 4.69) is 32.6 Å². The second kappa shape index (κ2) is 6.90. The van der Waals surface area contributed by atoms with E-state index in [0.29, 0.717) is 25.9 Å². The molecule has 1 amide bonds. The van der Waals surface area contributed by atoms with Gasteiger partial charge in [0.2, 0.25) is 0 Å². The van der Waals surface area contributed by atoms with Crippen molar-refractivity contribution in [1.82, 2.24) is 9.80 Å². The first kappa shape index (κ1) is 19.0. The summed E-state index contributed by atoms with van der Waals surface area (Å²) >= 11 is 0. The highest BCUT2D eigenvalue weighted by Crippen LogP contribution is 2.39. The normalized spacial score (nSPS) is 30.0.